The number of nitrogens with zero attached hydrogens (tertiary/aromatic N) is 2. The summed E-state index contributed by atoms with van der Waals surface area (Å²) in [6.45, 7) is -0.774. The van der Waals surface area contributed by atoms with Crippen molar-refractivity contribution < 1.29 is 28.8 Å². The monoisotopic (exact) mass is 423 g/mol. The van der Waals surface area contributed by atoms with Gasteiger partial charge in [0.25, 0.3) is 23.4 Å². The van der Waals surface area contributed by atoms with Gasteiger partial charge in [-0.15, -0.1) is 0 Å². The first-order valence-corrected chi connectivity index (χ1v) is 9.55. The third-order valence-electron chi connectivity index (χ3n) is 4.97. The molecule has 0 aromatic heterocycles. The lowest BCUT2D eigenvalue weighted by Crippen LogP contribution is -2.39. The van der Waals surface area contributed by atoms with Crippen molar-refractivity contribution in [3.8, 4) is 0 Å². The summed E-state index contributed by atoms with van der Waals surface area (Å²) in [5.74, 6) is -3.28. The van der Waals surface area contributed by atoms with E-state index in [1.165, 1.54) is 12.1 Å². The van der Waals surface area contributed by atoms with E-state index in [4.69, 9.17) is 4.74 Å². The zero-order valence-corrected chi connectivity index (χ0v) is 16.1. The fraction of sp³-hybridized carbons (Fsp3) is 0.238. The normalized spacial score (nSPS) is 15.9. The quantitative estimate of drug-likeness (QED) is 0.310. The van der Waals surface area contributed by atoms with Crippen LogP contribution < -0.4 is 5.32 Å². The summed E-state index contributed by atoms with van der Waals surface area (Å²) >= 11 is 0. The van der Waals surface area contributed by atoms with Crippen LogP contribution in [0.3, 0.4) is 0 Å². The van der Waals surface area contributed by atoms with Crippen LogP contribution in [0.15, 0.2) is 48.5 Å². The van der Waals surface area contributed by atoms with Gasteiger partial charge in [-0.25, -0.2) is 0 Å². The second-order valence-corrected chi connectivity index (χ2v) is 7.22. The SMILES string of the molecule is O=C(CN1C(=O)c2cccc([N+](=O)[O-])c2C1=O)OC(C(=O)NC1CC1)c1ccccc1. The van der Waals surface area contributed by atoms with Crippen molar-refractivity contribution in [2.45, 2.75) is 25.0 Å². The topological polar surface area (TPSA) is 136 Å². The minimum Gasteiger partial charge on any atom is -0.446 e. The highest BCUT2D eigenvalue weighted by atomic mass is 16.6. The molecule has 10 heteroatoms. The second kappa shape index (κ2) is 7.98. The second-order valence-electron chi connectivity index (χ2n) is 7.22. The first kappa shape index (κ1) is 20.2. The molecule has 0 bridgehead atoms. The van der Waals surface area contributed by atoms with Crippen molar-refractivity contribution in [2.75, 3.05) is 6.54 Å². The fourth-order valence-electron chi connectivity index (χ4n) is 3.31. The van der Waals surface area contributed by atoms with Gasteiger partial charge in [0, 0.05) is 17.7 Å². The van der Waals surface area contributed by atoms with Crippen LogP contribution in [-0.4, -0.2) is 46.1 Å². The third kappa shape index (κ3) is 4.00. The molecule has 31 heavy (non-hydrogen) atoms. The molecule has 3 amide bonds. The molecule has 0 spiro atoms. The number of hydrogen-bond donors (Lipinski definition) is 1. The summed E-state index contributed by atoms with van der Waals surface area (Å²) in [4.78, 5) is 61.4. The summed E-state index contributed by atoms with van der Waals surface area (Å²) in [5, 5.41) is 14.0. The van der Waals surface area contributed by atoms with Crippen molar-refractivity contribution in [3.63, 3.8) is 0 Å². The van der Waals surface area contributed by atoms with Crippen molar-refractivity contribution in [2.24, 2.45) is 0 Å². The molecule has 2 aromatic carbocycles. The Bertz CT molecular complexity index is 1100. The van der Waals surface area contributed by atoms with Gasteiger partial charge in [-0.2, -0.15) is 0 Å². The van der Waals surface area contributed by atoms with E-state index in [0.717, 1.165) is 18.9 Å². The van der Waals surface area contributed by atoms with Crippen LogP contribution in [0, 0.1) is 10.1 Å². The van der Waals surface area contributed by atoms with Crippen molar-refractivity contribution >= 4 is 29.4 Å². The highest BCUT2D eigenvalue weighted by Crippen LogP contribution is 2.31. The number of nitro groups is 1. The van der Waals surface area contributed by atoms with E-state index in [-0.39, 0.29) is 17.2 Å². The number of rotatable bonds is 7. The first-order valence-electron chi connectivity index (χ1n) is 9.55. The average molecular weight is 423 g/mol. The van der Waals surface area contributed by atoms with Crippen LogP contribution in [0.1, 0.15) is 45.2 Å². The highest BCUT2D eigenvalue weighted by molar-refractivity contribution is 6.24. The molecule has 1 N–H and O–H groups in total. The summed E-state index contributed by atoms with van der Waals surface area (Å²) in [7, 11) is 0. The van der Waals surface area contributed by atoms with Crippen LogP contribution in [-0.2, 0) is 14.3 Å². The molecule has 2 aliphatic rings. The first-order chi connectivity index (χ1) is 14.9. The lowest BCUT2D eigenvalue weighted by atomic mass is 10.1. The number of carbonyl (C=O) groups is 4. The van der Waals surface area contributed by atoms with Gasteiger partial charge in [-0.3, -0.25) is 34.2 Å². The number of esters is 1. The molecular weight excluding hydrogens is 406 g/mol. The van der Waals surface area contributed by atoms with E-state index >= 15 is 0 Å². The van der Waals surface area contributed by atoms with Crippen molar-refractivity contribution in [1.82, 2.24) is 10.2 Å². The van der Waals surface area contributed by atoms with Gasteiger partial charge in [0.2, 0.25) is 6.10 Å². The standard InChI is InChI=1S/C21H17N3O7/c25-16(31-18(12-5-2-1-3-6-12)19(26)22-13-9-10-13)11-23-20(27)14-7-4-8-15(24(29)30)17(14)21(23)28/h1-8,13,18H,9-11H2,(H,22,26). The Kier molecular flexibility index (Phi) is 5.20. The predicted molar refractivity (Wildman–Crippen MR) is 105 cm³/mol. The Balaban J connectivity index is 1.52. The summed E-state index contributed by atoms with van der Waals surface area (Å²) in [5.41, 5.74) is -0.598. The molecule has 2 aromatic rings. The maximum atomic E-state index is 12.6. The van der Waals surface area contributed by atoms with E-state index in [2.05, 4.69) is 5.32 Å². The van der Waals surface area contributed by atoms with Crippen molar-refractivity contribution in [1.29, 1.82) is 0 Å². The lowest BCUT2D eigenvalue weighted by Gasteiger charge is -2.20. The van der Waals surface area contributed by atoms with Gasteiger partial charge in [0.1, 0.15) is 12.1 Å². The highest BCUT2D eigenvalue weighted by Gasteiger charge is 2.42. The molecule has 1 saturated carbocycles. The molecule has 1 atom stereocenters. The number of carbonyl (C=O) groups excluding carboxylic acids is 4. The molecule has 0 radical (unpaired) electrons. The third-order valence-corrected chi connectivity index (χ3v) is 4.97. The van der Waals surface area contributed by atoms with E-state index in [9.17, 15) is 29.3 Å². The molecular formula is C21H17N3O7. The number of hydrogen-bond acceptors (Lipinski definition) is 7. The van der Waals surface area contributed by atoms with Crippen LogP contribution in [0.2, 0.25) is 0 Å². The van der Waals surface area contributed by atoms with Gasteiger partial charge in [0.15, 0.2) is 0 Å². The van der Waals surface area contributed by atoms with Gasteiger partial charge >= 0.3 is 5.97 Å². The summed E-state index contributed by atoms with van der Waals surface area (Å²) in [6, 6.07) is 12.1. The molecule has 10 nitrogen and oxygen atoms in total. The van der Waals surface area contributed by atoms with E-state index in [1.807, 2.05) is 0 Å². The Labute approximate surface area is 175 Å². The van der Waals surface area contributed by atoms with Gasteiger partial charge in [-0.05, 0) is 18.9 Å². The Morgan fingerprint density at radius 3 is 2.45 bits per heavy atom. The van der Waals surface area contributed by atoms with Crippen LogP contribution >= 0.6 is 0 Å². The Morgan fingerprint density at radius 1 is 1.10 bits per heavy atom. The minimum atomic E-state index is -1.25. The number of ether oxygens (including phenoxy) is 1. The maximum Gasteiger partial charge on any atom is 0.327 e. The van der Waals surface area contributed by atoms with Crippen LogP contribution in [0.4, 0.5) is 5.69 Å². The fourth-order valence-corrected chi connectivity index (χ4v) is 3.31. The summed E-state index contributed by atoms with van der Waals surface area (Å²) in [6.07, 6.45) is 0.433. The smallest absolute Gasteiger partial charge is 0.327 e. The molecule has 1 fully saturated rings. The Hall–Kier alpha value is -4.08. The van der Waals surface area contributed by atoms with E-state index in [0.29, 0.717) is 10.5 Å². The molecule has 4 rings (SSSR count). The van der Waals surface area contributed by atoms with Crippen molar-refractivity contribution in [3.05, 3.63) is 75.3 Å². The number of imide groups is 1. The molecule has 1 heterocycles. The number of nitro benzene ring substituents is 1. The van der Waals surface area contributed by atoms with Gasteiger partial charge < -0.3 is 10.1 Å². The molecule has 158 valence electrons. The molecule has 0 saturated heterocycles. The Morgan fingerprint density at radius 2 is 1.81 bits per heavy atom. The minimum absolute atomic E-state index is 0.0363. The summed E-state index contributed by atoms with van der Waals surface area (Å²) < 4.78 is 5.33. The number of fused-ring (bicyclic) bond motifs is 1. The van der Waals surface area contributed by atoms with E-state index in [1.54, 1.807) is 30.3 Å². The predicted octanol–water partition coefficient (Wildman–Crippen LogP) is 1.75. The van der Waals surface area contributed by atoms with Gasteiger partial charge in [-0.1, -0.05) is 36.4 Å². The zero-order valence-electron chi connectivity index (χ0n) is 16.1. The van der Waals surface area contributed by atoms with Gasteiger partial charge in [0.05, 0.1) is 10.5 Å². The maximum absolute atomic E-state index is 12.6. The zero-order chi connectivity index (χ0) is 22.1. The van der Waals surface area contributed by atoms with Crippen LogP contribution in [0.5, 0.6) is 0 Å². The average Bonchev–Trinajstić information content (AvgIpc) is 3.54. The molecule has 1 aliphatic heterocycles. The van der Waals surface area contributed by atoms with E-state index < -0.39 is 47.0 Å². The largest absolute Gasteiger partial charge is 0.446 e. The number of benzene rings is 2. The number of nitrogens with one attached hydrogen (secondary N) is 1. The molecule has 1 aliphatic carbocycles. The lowest BCUT2D eigenvalue weighted by molar-refractivity contribution is -0.385. The number of amides is 3. The molecule has 1 unspecified atom stereocenters. The van der Waals surface area contributed by atoms with Crippen LogP contribution in [0.25, 0.3) is 0 Å².